The Balaban J connectivity index is 5.24. The predicted octanol–water partition coefficient (Wildman–Crippen LogP) is -1.91. The first-order valence-electron chi connectivity index (χ1n) is 4.91. The lowest BCUT2D eigenvalue weighted by molar-refractivity contribution is 0.187. The summed E-state index contributed by atoms with van der Waals surface area (Å²) in [6, 6.07) is -1.05. The summed E-state index contributed by atoms with van der Waals surface area (Å²) in [4.78, 5) is 0. The Hall–Kier alpha value is -0.250. The molecule has 0 saturated heterocycles. The summed E-state index contributed by atoms with van der Waals surface area (Å²) < 4.78 is 30.0. The molecule has 0 saturated carbocycles. The Kier molecular flexibility index (Phi) is 6.38. The molecule has 0 bridgehead atoms. The molecular formula is C8H19NO6S. The number of rotatable bonds is 8. The van der Waals surface area contributed by atoms with E-state index in [1.807, 2.05) is 0 Å². The molecule has 1 unspecified atom stereocenters. The second kappa shape index (κ2) is 6.48. The molecule has 16 heavy (non-hydrogen) atoms. The number of aliphatic hydroxyl groups is 3. The highest BCUT2D eigenvalue weighted by atomic mass is 32.2. The van der Waals surface area contributed by atoms with Gasteiger partial charge in [-0.15, -0.1) is 0 Å². The minimum absolute atomic E-state index is 0.0419. The summed E-state index contributed by atoms with van der Waals surface area (Å²) in [6.07, 6.45) is -0.610. The summed E-state index contributed by atoms with van der Waals surface area (Å²) in [7, 11) is -4.53. The maximum absolute atomic E-state index is 11.3. The van der Waals surface area contributed by atoms with Gasteiger partial charge in [0.2, 0.25) is 0 Å². The SMILES string of the molecule is NC(CCO)C(CCO)(CCO)S(=O)(=O)O. The molecule has 0 aliphatic heterocycles. The van der Waals surface area contributed by atoms with Gasteiger partial charge in [-0.25, -0.2) is 0 Å². The van der Waals surface area contributed by atoms with E-state index in [-0.39, 0.29) is 25.9 Å². The van der Waals surface area contributed by atoms with Gasteiger partial charge in [0.15, 0.2) is 0 Å². The van der Waals surface area contributed by atoms with Gasteiger partial charge in [0.05, 0.1) is 0 Å². The third-order valence-electron chi connectivity index (χ3n) is 2.70. The number of aliphatic hydroxyl groups excluding tert-OH is 3. The highest BCUT2D eigenvalue weighted by Gasteiger charge is 2.46. The van der Waals surface area contributed by atoms with Gasteiger partial charge in [0.25, 0.3) is 10.1 Å². The molecule has 0 fully saturated rings. The van der Waals surface area contributed by atoms with Crippen LogP contribution in [-0.2, 0) is 10.1 Å². The van der Waals surface area contributed by atoms with Gasteiger partial charge in [0.1, 0.15) is 4.75 Å². The third kappa shape index (κ3) is 3.37. The maximum atomic E-state index is 11.3. The Morgan fingerprint density at radius 1 is 1.06 bits per heavy atom. The first-order valence-corrected chi connectivity index (χ1v) is 6.35. The number of hydrogen-bond acceptors (Lipinski definition) is 6. The Morgan fingerprint density at radius 2 is 1.50 bits per heavy atom. The number of hydrogen-bond donors (Lipinski definition) is 5. The van der Waals surface area contributed by atoms with Gasteiger partial charge >= 0.3 is 0 Å². The van der Waals surface area contributed by atoms with Crippen LogP contribution in [0.25, 0.3) is 0 Å². The van der Waals surface area contributed by atoms with Crippen LogP contribution in [0, 0.1) is 0 Å². The summed E-state index contributed by atoms with van der Waals surface area (Å²) in [6.45, 7) is -1.31. The topological polar surface area (TPSA) is 141 Å². The zero-order valence-corrected chi connectivity index (χ0v) is 9.73. The van der Waals surface area contributed by atoms with Crippen molar-refractivity contribution in [2.45, 2.75) is 30.1 Å². The molecule has 0 heterocycles. The lowest BCUT2D eigenvalue weighted by Gasteiger charge is -2.34. The van der Waals surface area contributed by atoms with Crippen molar-refractivity contribution in [2.75, 3.05) is 19.8 Å². The van der Waals surface area contributed by atoms with Crippen LogP contribution in [0.5, 0.6) is 0 Å². The van der Waals surface area contributed by atoms with E-state index < -0.39 is 34.1 Å². The van der Waals surface area contributed by atoms with Crippen LogP contribution in [-0.4, -0.2) is 58.9 Å². The lowest BCUT2D eigenvalue weighted by atomic mass is 9.90. The third-order valence-corrected chi connectivity index (χ3v) is 4.44. The Morgan fingerprint density at radius 3 is 1.75 bits per heavy atom. The van der Waals surface area contributed by atoms with Crippen LogP contribution in [0.2, 0.25) is 0 Å². The summed E-state index contributed by atoms with van der Waals surface area (Å²) in [5.41, 5.74) is 5.60. The van der Waals surface area contributed by atoms with Crippen LogP contribution in [0.4, 0.5) is 0 Å². The van der Waals surface area contributed by atoms with E-state index in [0.717, 1.165) is 0 Å². The summed E-state index contributed by atoms with van der Waals surface area (Å²) in [5, 5.41) is 26.4. The Bertz CT molecular complexity index is 285. The fourth-order valence-electron chi connectivity index (χ4n) is 1.73. The van der Waals surface area contributed by atoms with Crippen LogP contribution in [0.1, 0.15) is 19.3 Å². The molecule has 98 valence electrons. The van der Waals surface area contributed by atoms with E-state index in [9.17, 15) is 13.0 Å². The molecular weight excluding hydrogens is 238 g/mol. The summed E-state index contributed by atoms with van der Waals surface area (Å²) >= 11 is 0. The van der Waals surface area contributed by atoms with E-state index >= 15 is 0 Å². The molecule has 0 aromatic heterocycles. The standard InChI is InChI=1S/C8H19NO6S/c9-7(1-4-10)8(2-5-11,3-6-12)16(13,14)15/h7,10-12H,1-6,9H2,(H,13,14,15). The van der Waals surface area contributed by atoms with E-state index in [1.165, 1.54) is 0 Å². The molecule has 6 N–H and O–H groups in total. The van der Waals surface area contributed by atoms with E-state index in [0.29, 0.717) is 0 Å². The second-order valence-electron chi connectivity index (χ2n) is 3.61. The molecule has 0 aliphatic rings. The molecule has 0 amide bonds. The van der Waals surface area contributed by atoms with Crippen LogP contribution < -0.4 is 5.73 Å². The van der Waals surface area contributed by atoms with Gasteiger partial charge in [-0.3, -0.25) is 4.55 Å². The molecule has 0 aromatic rings. The highest BCUT2D eigenvalue weighted by molar-refractivity contribution is 7.87. The molecule has 0 aromatic carbocycles. The summed E-state index contributed by atoms with van der Waals surface area (Å²) in [5.74, 6) is 0. The van der Waals surface area contributed by atoms with Gasteiger partial charge < -0.3 is 21.1 Å². The van der Waals surface area contributed by atoms with Crippen molar-refractivity contribution >= 4 is 10.1 Å². The minimum atomic E-state index is -4.53. The van der Waals surface area contributed by atoms with Crippen molar-refractivity contribution in [3.05, 3.63) is 0 Å². The fraction of sp³-hybridized carbons (Fsp3) is 1.00. The van der Waals surface area contributed by atoms with E-state index in [4.69, 9.17) is 21.1 Å². The molecule has 0 aliphatic carbocycles. The monoisotopic (exact) mass is 257 g/mol. The molecule has 0 spiro atoms. The van der Waals surface area contributed by atoms with Gasteiger partial charge in [-0.2, -0.15) is 8.42 Å². The molecule has 0 rings (SSSR count). The first-order chi connectivity index (χ1) is 7.35. The quantitative estimate of drug-likeness (QED) is 0.319. The zero-order valence-electron chi connectivity index (χ0n) is 8.91. The van der Waals surface area contributed by atoms with Crippen LogP contribution >= 0.6 is 0 Å². The first kappa shape index (κ1) is 15.8. The second-order valence-corrected chi connectivity index (χ2v) is 5.37. The predicted molar refractivity (Wildman–Crippen MR) is 57.4 cm³/mol. The van der Waals surface area contributed by atoms with Gasteiger partial charge in [-0.1, -0.05) is 0 Å². The molecule has 1 atom stereocenters. The van der Waals surface area contributed by atoms with Crippen LogP contribution in [0.3, 0.4) is 0 Å². The van der Waals surface area contributed by atoms with Crippen LogP contribution in [0.15, 0.2) is 0 Å². The smallest absolute Gasteiger partial charge is 0.272 e. The van der Waals surface area contributed by atoms with E-state index in [1.54, 1.807) is 0 Å². The van der Waals surface area contributed by atoms with Gasteiger partial charge in [0, 0.05) is 25.9 Å². The van der Waals surface area contributed by atoms with Gasteiger partial charge in [-0.05, 0) is 19.3 Å². The zero-order chi connectivity index (χ0) is 12.8. The maximum Gasteiger partial charge on any atom is 0.272 e. The van der Waals surface area contributed by atoms with Crippen molar-refractivity contribution in [1.82, 2.24) is 0 Å². The highest BCUT2D eigenvalue weighted by Crippen LogP contribution is 2.29. The van der Waals surface area contributed by atoms with E-state index in [2.05, 4.69) is 0 Å². The lowest BCUT2D eigenvalue weighted by Crippen LogP contribution is -2.55. The van der Waals surface area contributed by atoms with Crippen molar-refractivity contribution in [1.29, 1.82) is 0 Å². The molecule has 7 nitrogen and oxygen atoms in total. The van der Waals surface area contributed by atoms with Crippen molar-refractivity contribution in [3.63, 3.8) is 0 Å². The molecule has 8 heteroatoms. The molecule has 0 radical (unpaired) electrons. The van der Waals surface area contributed by atoms with Crippen molar-refractivity contribution < 1.29 is 28.3 Å². The van der Waals surface area contributed by atoms with Crippen molar-refractivity contribution in [2.24, 2.45) is 5.73 Å². The van der Waals surface area contributed by atoms with Crippen molar-refractivity contribution in [3.8, 4) is 0 Å². The largest absolute Gasteiger partial charge is 0.396 e. The fourth-order valence-corrected chi connectivity index (χ4v) is 2.92. The normalized spacial score (nSPS) is 15.1. The Labute approximate surface area is 94.6 Å². The average Bonchev–Trinajstić information content (AvgIpc) is 2.15. The average molecular weight is 257 g/mol. The minimum Gasteiger partial charge on any atom is -0.396 e. The number of nitrogens with two attached hydrogens (primary N) is 1.